The van der Waals surface area contributed by atoms with Gasteiger partial charge >= 0.3 is 5.97 Å². The molecule has 0 aliphatic carbocycles. The fourth-order valence-electron chi connectivity index (χ4n) is 1.44. The number of halogens is 2. The number of nitrogens with one attached hydrogen (secondary N) is 1. The Hall–Kier alpha value is -1.30. The van der Waals surface area contributed by atoms with E-state index in [4.69, 9.17) is 35.4 Å². The first-order valence-corrected chi connectivity index (χ1v) is 6.00. The van der Waals surface area contributed by atoms with E-state index in [9.17, 15) is 9.90 Å². The summed E-state index contributed by atoms with van der Waals surface area (Å²) in [6.45, 7) is -0.160. The Labute approximate surface area is 118 Å². The number of thiocarbonyl (C=S) groups is 1. The number of hydrogen-bond donors (Lipinski definition) is 2. The third-order valence-electron chi connectivity index (χ3n) is 2.18. The smallest absolute Gasteiger partial charge is 0.345 e. The van der Waals surface area contributed by atoms with Crippen molar-refractivity contribution in [3.05, 3.63) is 39.6 Å². The van der Waals surface area contributed by atoms with Crippen LogP contribution in [-0.4, -0.2) is 22.7 Å². The molecule has 1 aromatic rings. The molecule has 2 N–H and O–H groups in total. The number of aliphatic hydroxyl groups excluding tert-OH is 1. The highest BCUT2D eigenvalue weighted by atomic mass is 35.5. The van der Waals surface area contributed by atoms with Gasteiger partial charge in [0.1, 0.15) is 22.9 Å². The van der Waals surface area contributed by atoms with Crippen LogP contribution in [0.5, 0.6) is 0 Å². The van der Waals surface area contributed by atoms with Gasteiger partial charge in [-0.1, -0.05) is 35.4 Å². The van der Waals surface area contributed by atoms with E-state index < -0.39 is 5.97 Å². The van der Waals surface area contributed by atoms with E-state index in [1.165, 1.54) is 0 Å². The van der Waals surface area contributed by atoms with E-state index in [0.29, 0.717) is 15.7 Å². The van der Waals surface area contributed by atoms with Crippen LogP contribution in [0.15, 0.2) is 29.5 Å². The van der Waals surface area contributed by atoms with Crippen molar-refractivity contribution in [2.24, 2.45) is 0 Å². The normalized spacial score (nSPS) is 14.7. The Morgan fingerprint density at radius 3 is 2.44 bits per heavy atom. The zero-order chi connectivity index (χ0) is 13.3. The average molecular weight is 304 g/mol. The SMILES string of the molecule is O=C1OCC(O)=C1C(=S)Nc1cc(Cl)cc(Cl)c1. The van der Waals surface area contributed by atoms with Crippen molar-refractivity contribution in [2.45, 2.75) is 0 Å². The first-order chi connectivity index (χ1) is 8.47. The molecule has 1 heterocycles. The second-order valence-electron chi connectivity index (χ2n) is 3.51. The first-order valence-electron chi connectivity index (χ1n) is 4.84. The Morgan fingerprint density at radius 1 is 1.33 bits per heavy atom. The lowest BCUT2D eigenvalue weighted by molar-refractivity contribution is -0.135. The highest BCUT2D eigenvalue weighted by Crippen LogP contribution is 2.24. The number of anilines is 1. The van der Waals surface area contributed by atoms with Gasteiger partial charge in [-0.2, -0.15) is 0 Å². The molecule has 4 nitrogen and oxygen atoms in total. The molecule has 1 aliphatic rings. The molecule has 0 radical (unpaired) electrons. The summed E-state index contributed by atoms with van der Waals surface area (Å²) in [7, 11) is 0. The largest absolute Gasteiger partial charge is 0.508 e. The third kappa shape index (κ3) is 2.75. The van der Waals surface area contributed by atoms with Crippen molar-refractivity contribution >= 4 is 52.1 Å². The summed E-state index contributed by atoms with van der Waals surface area (Å²) < 4.78 is 4.64. The molecule has 0 spiro atoms. The summed E-state index contributed by atoms with van der Waals surface area (Å²) in [5, 5.41) is 13.1. The van der Waals surface area contributed by atoms with Gasteiger partial charge < -0.3 is 15.2 Å². The van der Waals surface area contributed by atoms with Crippen molar-refractivity contribution in [2.75, 3.05) is 11.9 Å². The van der Waals surface area contributed by atoms with Gasteiger partial charge in [0.25, 0.3) is 0 Å². The second-order valence-corrected chi connectivity index (χ2v) is 4.79. The van der Waals surface area contributed by atoms with Gasteiger partial charge in [-0.3, -0.25) is 0 Å². The molecule has 0 atom stereocenters. The maximum atomic E-state index is 11.3. The molecule has 0 unspecified atom stereocenters. The number of hydrogen-bond acceptors (Lipinski definition) is 4. The molecule has 1 aliphatic heterocycles. The minimum Gasteiger partial charge on any atom is -0.508 e. The molecular formula is C11H7Cl2NO3S. The molecule has 0 aromatic heterocycles. The summed E-state index contributed by atoms with van der Waals surface area (Å²) in [6, 6.07) is 4.76. The van der Waals surface area contributed by atoms with Crippen molar-refractivity contribution in [1.29, 1.82) is 0 Å². The maximum Gasteiger partial charge on any atom is 0.345 e. The quantitative estimate of drug-likeness (QED) is 0.649. The lowest BCUT2D eigenvalue weighted by Gasteiger charge is -2.08. The van der Waals surface area contributed by atoms with Crippen LogP contribution >= 0.6 is 35.4 Å². The monoisotopic (exact) mass is 303 g/mol. The van der Waals surface area contributed by atoms with Gasteiger partial charge in [-0.05, 0) is 18.2 Å². The topological polar surface area (TPSA) is 58.6 Å². The Balaban J connectivity index is 2.22. The van der Waals surface area contributed by atoms with Crippen molar-refractivity contribution in [1.82, 2.24) is 0 Å². The minimum atomic E-state index is -0.655. The zero-order valence-corrected chi connectivity index (χ0v) is 11.2. The third-order valence-corrected chi connectivity index (χ3v) is 2.92. The maximum absolute atomic E-state index is 11.3. The van der Waals surface area contributed by atoms with Crippen molar-refractivity contribution in [3.8, 4) is 0 Å². The fraction of sp³-hybridized carbons (Fsp3) is 0.0909. The lowest BCUT2D eigenvalue weighted by atomic mass is 10.2. The molecule has 0 fully saturated rings. The number of aliphatic hydroxyl groups is 1. The number of esters is 1. The molecule has 0 amide bonds. The molecule has 0 bridgehead atoms. The molecule has 94 valence electrons. The van der Waals surface area contributed by atoms with Gasteiger partial charge in [0, 0.05) is 15.7 Å². The van der Waals surface area contributed by atoms with Crippen molar-refractivity contribution in [3.63, 3.8) is 0 Å². The Morgan fingerprint density at radius 2 is 1.94 bits per heavy atom. The van der Waals surface area contributed by atoms with E-state index >= 15 is 0 Å². The number of rotatable bonds is 2. The van der Waals surface area contributed by atoms with Gasteiger partial charge in [0.05, 0.1) is 0 Å². The van der Waals surface area contributed by atoms with Crippen molar-refractivity contribution < 1.29 is 14.6 Å². The predicted octanol–water partition coefficient (Wildman–Crippen LogP) is 3.10. The van der Waals surface area contributed by atoms with Crippen LogP contribution in [0, 0.1) is 0 Å². The van der Waals surface area contributed by atoms with Crippen LogP contribution in [0.2, 0.25) is 10.0 Å². The van der Waals surface area contributed by atoms with Gasteiger partial charge in [0.15, 0.2) is 0 Å². The molecule has 7 heteroatoms. The predicted molar refractivity (Wildman–Crippen MR) is 73.3 cm³/mol. The molecule has 1 aromatic carbocycles. The number of ether oxygens (including phenoxy) is 1. The molecule has 0 saturated carbocycles. The number of carbonyl (C=O) groups excluding carboxylic acids is 1. The number of benzene rings is 1. The average Bonchev–Trinajstić information content (AvgIpc) is 2.56. The van der Waals surface area contributed by atoms with E-state index in [0.717, 1.165) is 0 Å². The van der Waals surface area contributed by atoms with Crippen LogP contribution in [0.4, 0.5) is 5.69 Å². The second kappa shape index (κ2) is 5.14. The highest BCUT2D eigenvalue weighted by molar-refractivity contribution is 7.81. The van der Waals surface area contributed by atoms with E-state index in [2.05, 4.69) is 10.1 Å². The molecule has 18 heavy (non-hydrogen) atoms. The summed E-state index contributed by atoms with van der Waals surface area (Å²) in [4.78, 5) is 11.4. The summed E-state index contributed by atoms with van der Waals surface area (Å²) in [5.41, 5.74) is 0.485. The van der Waals surface area contributed by atoms with Crippen LogP contribution in [0.1, 0.15) is 0 Å². The summed E-state index contributed by atoms with van der Waals surface area (Å²) in [5.74, 6) is -0.844. The van der Waals surface area contributed by atoms with Gasteiger partial charge in [-0.15, -0.1) is 0 Å². The number of cyclic esters (lactones) is 1. The van der Waals surface area contributed by atoms with Gasteiger partial charge in [0.2, 0.25) is 0 Å². The highest BCUT2D eigenvalue weighted by Gasteiger charge is 2.28. The van der Waals surface area contributed by atoms with Crippen LogP contribution < -0.4 is 5.32 Å². The van der Waals surface area contributed by atoms with Gasteiger partial charge in [-0.25, -0.2) is 4.79 Å². The molecular weight excluding hydrogens is 297 g/mol. The zero-order valence-electron chi connectivity index (χ0n) is 8.87. The number of carbonyl (C=O) groups is 1. The van der Waals surface area contributed by atoms with E-state index in [1.807, 2.05) is 0 Å². The summed E-state index contributed by atoms with van der Waals surface area (Å²) >= 11 is 16.7. The van der Waals surface area contributed by atoms with Crippen LogP contribution in [0.3, 0.4) is 0 Å². The molecule has 2 rings (SSSR count). The van der Waals surface area contributed by atoms with E-state index in [1.54, 1.807) is 18.2 Å². The van der Waals surface area contributed by atoms with Crippen LogP contribution in [0.25, 0.3) is 0 Å². The standard InChI is InChI=1S/C11H7Cl2NO3S/c12-5-1-6(13)3-7(2-5)14-10(18)9-8(15)4-17-11(9)16/h1-3,15H,4H2,(H,14,18). The van der Waals surface area contributed by atoms with E-state index in [-0.39, 0.29) is 22.9 Å². The van der Waals surface area contributed by atoms with Crippen LogP contribution in [-0.2, 0) is 9.53 Å². The molecule has 0 saturated heterocycles. The minimum absolute atomic E-state index is 0.0407. The Bertz CT molecular complexity index is 551. The lowest BCUT2D eigenvalue weighted by Crippen LogP contribution is -2.17. The fourth-order valence-corrected chi connectivity index (χ4v) is 2.28. The first kappa shape index (κ1) is 13.1. The Kier molecular flexibility index (Phi) is 3.75. The summed E-state index contributed by atoms with van der Waals surface area (Å²) in [6.07, 6.45) is 0.